The molecular weight excluding hydrogens is 366 g/mol. The monoisotopic (exact) mass is 379 g/mol. The molecule has 4 nitrogen and oxygen atoms in total. The van der Waals surface area contributed by atoms with Gasteiger partial charge in [-0.3, -0.25) is 4.79 Å². The van der Waals surface area contributed by atoms with E-state index < -0.39 is 0 Å². The van der Waals surface area contributed by atoms with Gasteiger partial charge in [-0.25, -0.2) is 5.43 Å². The number of hydrogen-bond donors (Lipinski definition) is 2. The zero-order valence-corrected chi connectivity index (χ0v) is 14.3. The Morgan fingerprint density at radius 2 is 2.00 bits per heavy atom. The van der Waals surface area contributed by atoms with Crippen molar-refractivity contribution in [3.8, 4) is 0 Å². The largest absolute Gasteiger partial charge is 0.376 e. The SMILES string of the molecule is Cc1c(Cl)cccc1NCC(=O)N/N=C\c1ccc(Br)cc1. The lowest BCUT2D eigenvalue weighted by molar-refractivity contribution is -0.119. The fraction of sp³-hybridized carbons (Fsp3) is 0.125. The normalized spacial score (nSPS) is 10.7. The Balaban J connectivity index is 1.83. The molecule has 0 unspecified atom stereocenters. The van der Waals surface area contributed by atoms with E-state index in [1.54, 1.807) is 6.21 Å². The molecule has 0 saturated heterocycles. The highest BCUT2D eigenvalue weighted by Crippen LogP contribution is 2.22. The first-order valence-electron chi connectivity index (χ1n) is 6.63. The van der Waals surface area contributed by atoms with Gasteiger partial charge in [-0.05, 0) is 42.3 Å². The Morgan fingerprint density at radius 1 is 1.27 bits per heavy atom. The van der Waals surface area contributed by atoms with Crippen LogP contribution in [0.25, 0.3) is 0 Å². The average Bonchev–Trinajstić information content (AvgIpc) is 2.51. The Labute approximate surface area is 142 Å². The smallest absolute Gasteiger partial charge is 0.259 e. The minimum absolute atomic E-state index is 0.124. The summed E-state index contributed by atoms with van der Waals surface area (Å²) in [6.45, 7) is 2.02. The number of anilines is 1. The molecule has 1 amide bonds. The van der Waals surface area contributed by atoms with Crippen molar-refractivity contribution in [2.24, 2.45) is 5.10 Å². The summed E-state index contributed by atoms with van der Waals surface area (Å²) >= 11 is 9.38. The van der Waals surface area contributed by atoms with Gasteiger partial charge in [0.05, 0.1) is 12.8 Å². The molecule has 22 heavy (non-hydrogen) atoms. The van der Waals surface area contributed by atoms with E-state index in [-0.39, 0.29) is 12.5 Å². The fourth-order valence-corrected chi connectivity index (χ4v) is 2.18. The third-order valence-corrected chi connectivity index (χ3v) is 3.92. The van der Waals surface area contributed by atoms with Crippen molar-refractivity contribution in [2.45, 2.75) is 6.92 Å². The van der Waals surface area contributed by atoms with Crippen LogP contribution in [0.4, 0.5) is 5.69 Å². The van der Waals surface area contributed by atoms with Gasteiger partial charge in [0.25, 0.3) is 5.91 Å². The van der Waals surface area contributed by atoms with E-state index in [9.17, 15) is 4.79 Å². The summed E-state index contributed by atoms with van der Waals surface area (Å²) in [5.74, 6) is -0.229. The summed E-state index contributed by atoms with van der Waals surface area (Å²) in [6, 6.07) is 13.1. The zero-order chi connectivity index (χ0) is 15.9. The Kier molecular flexibility index (Phi) is 5.98. The Morgan fingerprint density at radius 3 is 2.73 bits per heavy atom. The van der Waals surface area contributed by atoms with Crippen molar-refractivity contribution in [3.05, 3.63) is 63.1 Å². The van der Waals surface area contributed by atoms with Crippen LogP contribution in [0.1, 0.15) is 11.1 Å². The highest BCUT2D eigenvalue weighted by atomic mass is 79.9. The average molecular weight is 381 g/mol. The zero-order valence-electron chi connectivity index (χ0n) is 11.9. The van der Waals surface area contributed by atoms with Crippen LogP contribution in [0.15, 0.2) is 52.0 Å². The topological polar surface area (TPSA) is 53.5 Å². The molecule has 0 atom stereocenters. The molecule has 0 aliphatic rings. The summed E-state index contributed by atoms with van der Waals surface area (Å²) in [7, 11) is 0. The Bertz CT molecular complexity index is 686. The lowest BCUT2D eigenvalue weighted by Crippen LogP contribution is -2.26. The second-order valence-electron chi connectivity index (χ2n) is 4.61. The molecule has 2 N–H and O–H groups in total. The first-order valence-corrected chi connectivity index (χ1v) is 7.80. The number of hydrogen-bond acceptors (Lipinski definition) is 3. The number of nitrogens with zero attached hydrogens (tertiary/aromatic N) is 1. The maximum atomic E-state index is 11.7. The number of carbonyl (C=O) groups is 1. The van der Waals surface area contributed by atoms with Crippen molar-refractivity contribution in [3.63, 3.8) is 0 Å². The maximum Gasteiger partial charge on any atom is 0.259 e. The first kappa shape index (κ1) is 16.5. The summed E-state index contributed by atoms with van der Waals surface area (Å²) in [5.41, 5.74) is 5.12. The van der Waals surface area contributed by atoms with Crippen molar-refractivity contribution in [1.29, 1.82) is 0 Å². The summed E-state index contributed by atoms with van der Waals surface area (Å²) in [4.78, 5) is 11.7. The van der Waals surface area contributed by atoms with E-state index in [1.807, 2.05) is 49.4 Å². The van der Waals surface area contributed by atoms with Crippen LogP contribution in [-0.2, 0) is 4.79 Å². The highest BCUT2D eigenvalue weighted by Gasteiger charge is 2.04. The number of amides is 1. The molecule has 0 spiro atoms. The minimum atomic E-state index is -0.229. The van der Waals surface area contributed by atoms with Crippen molar-refractivity contribution < 1.29 is 4.79 Å². The molecule has 6 heteroatoms. The van der Waals surface area contributed by atoms with Gasteiger partial charge in [0.1, 0.15) is 0 Å². The lowest BCUT2D eigenvalue weighted by Gasteiger charge is -2.09. The number of rotatable bonds is 5. The van der Waals surface area contributed by atoms with E-state index in [4.69, 9.17) is 11.6 Å². The molecule has 0 saturated carbocycles. The third kappa shape index (κ3) is 4.86. The van der Waals surface area contributed by atoms with Crippen LogP contribution < -0.4 is 10.7 Å². The predicted molar refractivity (Wildman–Crippen MR) is 94.6 cm³/mol. The molecular formula is C16H15BrClN3O. The van der Waals surface area contributed by atoms with Gasteiger partial charge in [0.15, 0.2) is 0 Å². The summed E-state index contributed by atoms with van der Waals surface area (Å²) < 4.78 is 0.995. The number of carbonyl (C=O) groups excluding carboxylic acids is 1. The number of benzene rings is 2. The van der Waals surface area contributed by atoms with E-state index in [2.05, 4.69) is 31.8 Å². The van der Waals surface area contributed by atoms with Crippen LogP contribution >= 0.6 is 27.5 Å². The number of hydrazone groups is 1. The van der Waals surface area contributed by atoms with Crippen LogP contribution in [0.5, 0.6) is 0 Å². The van der Waals surface area contributed by atoms with Crippen LogP contribution in [0.2, 0.25) is 5.02 Å². The molecule has 0 bridgehead atoms. The van der Waals surface area contributed by atoms with Gasteiger partial charge < -0.3 is 5.32 Å². The Hall–Kier alpha value is -1.85. The molecule has 2 aromatic carbocycles. The van der Waals surface area contributed by atoms with E-state index >= 15 is 0 Å². The molecule has 0 fully saturated rings. The predicted octanol–water partition coefficient (Wildman–Crippen LogP) is 3.97. The summed E-state index contributed by atoms with van der Waals surface area (Å²) in [5, 5.41) is 7.62. The molecule has 0 aliphatic carbocycles. The van der Waals surface area contributed by atoms with E-state index in [0.717, 1.165) is 21.3 Å². The second-order valence-corrected chi connectivity index (χ2v) is 5.93. The second kappa shape index (κ2) is 7.96. The third-order valence-electron chi connectivity index (χ3n) is 2.98. The molecule has 2 rings (SSSR count). The van der Waals surface area contributed by atoms with Crippen molar-refractivity contribution >= 4 is 45.3 Å². The molecule has 0 radical (unpaired) electrons. The van der Waals surface area contributed by atoms with Gasteiger partial charge in [0, 0.05) is 15.2 Å². The van der Waals surface area contributed by atoms with Crippen LogP contribution in [0.3, 0.4) is 0 Å². The molecule has 114 valence electrons. The van der Waals surface area contributed by atoms with Gasteiger partial charge in [-0.2, -0.15) is 5.10 Å². The first-order chi connectivity index (χ1) is 10.6. The van der Waals surface area contributed by atoms with Crippen LogP contribution in [-0.4, -0.2) is 18.7 Å². The van der Waals surface area contributed by atoms with E-state index in [0.29, 0.717) is 5.02 Å². The number of nitrogens with one attached hydrogen (secondary N) is 2. The highest BCUT2D eigenvalue weighted by molar-refractivity contribution is 9.10. The molecule has 0 aliphatic heterocycles. The molecule has 0 heterocycles. The lowest BCUT2D eigenvalue weighted by atomic mass is 10.2. The standard InChI is InChI=1S/C16H15BrClN3O/c1-11-14(18)3-2-4-15(11)19-10-16(22)21-20-9-12-5-7-13(17)8-6-12/h2-9,19H,10H2,1H3,(H,21,22)/b20-9-. The van der Waals surface area contributed by atoms with Gasteiger partial charge in [-0.1, -0.05) is 45.7 Å². The number of halogens is 2. The van der Waals surface area contributed by atoms with Crippen LogP contribution in [0, 0.1) is 6.92 Å². The molecule has 2 aromatic rings. The van der Waals surface area contributed by atoms with Gasteiger partial charge >= 0.3 is 0 Å². The fourth-order valence-electron chi connectivity index (χ4n) is 1.74. The van der Waals surface area contributed by atoms with Crippen molar-refractivity contribution in [2.75, 3.05) is 11.9 Å². The van der Waals surface area contributed by atoms with Crippen molar-refractivity contribution in [1.82, 2.24) is 5.43 Å². The quantitative estimate of drug-likeness (QED) is 0.609. The molecule has 0 aromatic heterocycles. The minimum Gasteiger partial charge on any atom is -0.376 e. The van der Waals surface area contributed by atoms with Gasteiger partial charge in [-0.15, -0.1) is 0 Å². The summed E-state index contributed by atoms with van der Waals surface area (Å²) in [6.07, 6.45) is 1.59. The van der Waals surface area contributed by atoms with E-state index in [1.165, 1.54) is 0 Å². The van der Waals surface area contributed by atoms with Gasteiger partial charge in [0.2, 0.25) is 0 Å². The maximum absolute atomic E-state index is 11.7.